The van der Waals surface area contributed by atoms with Crippen molar-refractivity contribution in [2.45, 2.75) is 19.9 Å². The van der Waals surface area contributed by atoms with Gasteiger partial charge in [-0.25, -0.2) is 4.98 Å². The minimum atomic E-state index is 0.0163. The van der Waals surface area contributed by atoms with E-state index in [1.807, 2.05) is 19.1 Å². The molecule has 0 aliphatic rings. The van der Waals surface area contributed by atoms with Crippen LogP contribution in [0.4, 0.5) is 0 Å². The van der Waals surface area contributed by atoms with Crippen molar-refractivity contribution in [3.05, 3.63) is 40.4 Å². The number of hydrogen-bond acceptors (Lipinski definition) is 2. The highest BCUT2D eigenvalue weighted by atomic mass is 16.1. The van der Waals surface area contributed by atoms with Crippen LogP contribution in [-0.2, 0) is 6.54 Å². The Morgan fingerprint density at radius 1 is 1.33 bits per heavy atom. The Kier molecular flexibility index (Phi) is 3.51. The van der Waals surface area contributed by atoms with Crippen LogP contribution in [0.3, 0.4) is 0 Å². The van der Waals surface area contributed by atoms with Crippen LogP contribution in [0.1, 0.15) is 12.0 Å². The van der Waals surface area contributed by atoms with Crippen LogP contribution < -0.4 is 10.5 Å². The normalized spacial score (nSPS) is 11.8. The lowest BCUT2D eigenvalue weighted by Crippen LogP contribution is -3.05. The molecule has 2 heterocycles. The zero-order chi connectivity index (χ0) is 15.0. The molecule has 2 N–H and O–H groups in total. The van der Waals surface area contributed by atoms with Crippen molar-refractivity contribution < 1.29 is 4.90 Å². The van der Waals surface area contributed by atoms with Crippen LogP contribution in [0.5, 0.6) is 0 Å². The van der Waals surface area contributed by atoms with E-state index >= 15 is 0 Å². The van der Waals surface area contributed by atoms with E-state index in [0.717, 1.165) is 29.4 Å². The highest BCUT2D eigenvalue weighted by Gasteiger charge is 2.11. The lowest BCUT2D eigenvalue weighted by atomic mass is 10.2. The fourth-order valence-corrected chi connectivity index (χ4v) is 2.67. The number of nitrogens with one attached hydrogen (secondary N) is 2. The molecule has 110 valence electrons. The molecule has 0 unspecified atom stereocenters. The second-order valence-electron chi connectivity index (χ2n) is 5.95. The number of hydrogen-bond donors (Lipinski definition) is 2. The first-order valence-electron chi connectivity index (χ1n) is 7.33. The molecule has 0 aliphatic heterocycles. The van der Waals surface area contributed by atoms with Gasteiger partial charge in [-0.15, -0.1) is 0 Å². The minimum Gasteiger partial charge on any atom is -0.349 e. The molecule has 0 radical (unpaired) electrons. The molecule has 21 heavy (non-hydrogen) atoms. The molecule has 0 spiro atoms. The number of quaternary nitrogens is 1. The summed E-state index contributed by atoms with van der Waals surface area (Å²) in [5.74, 6) is 0. The number of rotatable bonds is 4. The summed E-state index contributed by atoms with van der Waals surface area (Å²) >= 11 is 0. The van der Waals surface area contributed by atoms with Gasteiger partial charge in [0.25, 0.3) is 5.56 Å². The third-order valence-corrected chi connectivity index (χ3v) is 3.80. The topological polar surface area (TPSA) is 55.1 Å². The zero-order valence-electron chi connectivity index (χ0n) is 12.7. The molecule has 0 saturated heterocycles. The van der Waals surface area contributed by atoms with E-state index in [2.05, 4.69) is 30.1 Å². The Labute approximate surface area is 123 Å². The Morgan fingerprint density at radius 3 is 2.90 bits per heavy atom. The van der Waals surface area contributed by atoms with Crippen LogP contribution in [0, 0.1) is 6.92 Å². The number of aromatic nitrogens is 3. The second-order valence-corrected chi connectivity index (χ2v) is 5.95. The molecule has 0 amide bonds. The van der Waals surface area contributed by atoms with Gasteiger partial charge in [-0.3, -0.25) is 9.36 Å². The van der Waals surface area contributed by atoms with Crippen LogP contribution in [0.25, 0.3) is 21.9 Å². The van der Waals surface area contributed by atoms with Gasteiger partial charge in [0.05, 0.1) is 27.0 Å². The fraction of sp³-hybridized carbons (Fsp3) is 0.375. The van der Waals surface area contributed by atoms with Gasteiger partial charge < -0.3 is 9.88 Å². The summed E-state index contributed by atoms with van der Waals surface area (Å²) in [5, 5.41) is 1.02. The highest BCUT2D eigenvalue weighted by molar-refractivity contribution is 6.04. The van der Waals surface area contributed by atoms with Gasteiger partial charge in [-0.1, -0.05) is 11.6 Å². The molecule has 0 saturated carbocycles. The van der Waals surface area contributed by atoms with Crippen LogP contribution >= 0.6 is 0 Å². The highest BCUT2D eigenvalue weighted by Crippen LogP contribution is 2.22. The quantitative estimate of drug-likeness (QED) is 0.742. The Hall–Kier alpha value is -2.14. The van der Waals surface area contributed by atoms with E-state index in [-0.39, 0.29) is 5.56 Å². The van der Waals surface area contributed by atoms with Gasteiger partial charge >= 0.3 is 0 Å². The Bertz CT molecular complexity index is 844. The van der Waals surface area contributed by atoms with Gasteiger partial charge in [-0.05, 0) is 19.1 Å². The first-order valence-corrected chi connectivity index (χ1v) is 7.33. The molecule has 0 bridgehead atoms. The summed E-state index contributed by atoms with van der Waals surface area (Å²) in [6.45, 7) is 3.79. The summed E-state index contributed by atoms with van der Waals surface area (Å²) in [4.78, 5) is 21.6. The van der Waals surface area contributed by atoms with E-state index in [1.165, 1.54) is 10.5 Å². The first-order chi connectivity index (χ1) is 10.1. The monoisotopic (exact) mass is 285 g/mol. The third kappa shape index (κ3) is 2.56. The van der Waals surface area contributed by atoms with E-state index in [1.54, 1.807) is 10.9 Å². The summed E-state index contributed by atoms with van der Waals surface area (Å²) in [5.41, 5.74) is 3.53. The number of fused-ring (bicyclic) bond motifs is 3. The van der Waals surface area contributed by atoms with Crippen molar-refractivity contribution in [1.82, 2.24) is 14.5 Å². The van der Waals surface area contributed by atoms with Gasteiger partial charge in [-0.2, -0.15) is 0 Å². The van der Waals surface area contributed by atoms with Gasteiger partial charge in [0.15, 0.2) is 0 Å². The molecule has 0 fully saturated rings. The molecule has 0 atom stereocenters. The van der Waals surface area contributed by atoms with Gasteiger partial charge in [0, 0.05) is 23.9 Å². The van der Waals surface area contributed by atoms with Gasteiger partial charge in [0.1, 0.15) is 11.0 Å². The smallest absolute Gasteiger partial charge is 0.277 e. The van der Waals surface area contributed by atoms with E-state index < -0.39 is 0 Å². The maximum absolute atomic E-state index is 12.5. The average molecular weight is 285 g/mol. The lowest BCUT2D eigenvalue weighted by molar-refractivity contribution is -0.858. The van der Waals surface area contributed by atoms with Crippen LogP contribution in [-0.4, -0.2) is 35.2 Å². The predicted octanol–water partition coefficient (Wildman–Crippen LogP) is 0.721. The van der Waals surface area contributed by atoms with Crippen molar-refractivity contribution in [3.63, 3.8) is 0 Å². The largest absolute Gasteiger partial charge is 0.349 e. The molecule has 5 heteroatoms. The average Bonchev–Trinajstić information content (AvgIpc) is 2.80. The molecular formula is C16H21N4O+. The SMILES string of the molecule is Cc1ccc2[nH]c3c(=O)n(CCC[NH+](C)C)cnc3c2c1. The summed E-state index contributed by atoms with van der Waals surface area (Å²) in [6, 6.07) is 6.11. The zero-order valence-corrected chi connectivity index (χ0v) is 12.7. The van der Waals surface area contributed by atoms with Crippen molar-refractivity contribution in [1.29, 1.82) is 0 Å². The maximum atomic E-state index is 12.5. The second kappa shape index (κ2) is 5.33. The summed E-state index contributed by atoms with van der Waals surface area (Å²) in [6.07, 6.45) is 2.64. The van der Waals surface area contributed by atoms with E-state index in [9.17, 15) is 4.79 Å². The minimum absolute atomic E-state index is 0.0163. The number of nitrogens with zero attached hydrogens (tertiary/aromatic N) is 2. The number of aromatic amines is 1. The Morgan fingerprint density at radius 2 is 2.14 bits per heavy atom. The van der Waals surface area contributed by atoms with E-state index in [4.69, 9.17) is 0 Å². The number of H-pyrrole nitrogens is 1. The summed E-state index contributed by atoms with van der Waals surface area (Å²) < 4.78 is 1.70. The maximum Gasteiger partial charge on any atom is 0.277 e. The standard InChI is InChI=1S/C16H20N4O/c1-11-5-6-13-12(9-11)14-15(18-13)16(21)20(10-17-14)8-4-7-19(2)3/h5-6,9-10,18H,4,7-8H2,1-3H3/p+1. The third-order valence-electron chi connectivity index (χ3n) is 3.80. The van der Waals surface area contributed by atoms with Crippen molar-refractivity contribution in [3.8, 4) is 0 Å². The predicted molar refractivity (Wildman–Crippen MR) is 84.9 cm³/mol. The first kappa shape index (κ1) is 13.8. The van der Waals surface area contributed by atoms with Crippen molar-refractivity contribution >= 4 is 21.9 Å². The Balaban J connectivity index is 2.04. The van der Waals surface area contributed by atoms with Crippen molar-refractivity contribution in [2.75, 3.05) is 20.6 Å². The molecule has 1 aromatic carbocycles. The van der Waals surface area contributed by atoms with E-state index in [0.29, 0.717) is 12.1 Å². The molecule has 2 aromatic heterocycles. The fourth-order valence-electron chi connectivity index (χ4n) is 2.67. The van der Waals surface area contributed by atoms with Crippen LogP contribution in [0.15, 0.2) is 29.3 Å². The molecule has 0 aliphatic carbocycles. The summed E-state index contributed by atoms with van der Waals surface area (Å²) in [7, 11) is 4.23. The van der Waals surface area contributed by atoms with Crippen molar-refractivity contribution in [2.24, 2.45) is 0 Å². The molecular weight excluding hydrogens is 264 g/mol. The molecule has 3 aromatic rings. The lowest BCUT2D eigenvalue weighted by Gasteiger charge is -2.08. The molecule has 5 nitrogen and oxygen atoms in total. The number of aryl methyl sites for hydroxylation is 2. The molecule has 3 rings (SSSR count). The number of benzene rings is 1. The van der Waals surface area contributed by atoms with Crippen LogP contribution in [0.2, 0.25) is 0 Å². The van der Waals surface area contributed by atoms with Gasteiger partial charge in [0.2, 0.25) is 0 Å².